The molecule has 1 aromatic carbocycles. The van der Waals surface area contributed by atoms with E-state index < -0.39 is 0 Å². The van der Waals surface area contributed by atoms with E-state index in [-0.39, 0.29) is 6.29 Å². The van der Waals surface area contributed by atoms with Crippen molar-refractivity contribution in [3.63, 3.8) is 0 Å². The van der Waals surface area contributed by atoms with E-state index in [1.54, 1.807) is 11.3 Å². The minimum absolute atomic E-state index is 0.188. The molecule has 116 valence electrons. The van der Waals surface area contributed by atoms with E-state index >= 15 is 0 Å². The molecule has 2 N–H and O–H groups in total. The number of aryl methyl sites for hydroxylation is 1. The van der Waals surface area contributed by atoms with Gasteiger partial charge in [-0.1, -0.05) is 17.7 Å². The summed E-state index contributed by atoms with van der Waals surface area (Å²) in [5.41, 5.74) is 4.20. The number of benzene rings is 1. The first-order valence-corrected chi connectivity index (χ1v) is 7.98. The lowest BCUT2D eigenvalue weighted by Crippen LogP contribution is -2.38. The fourth-order valence-electron chi connectivity index (χ4n) is 1.94. The molecule has 2 heterocycles. The van der Waals surface area contributed by atoms with E-state index in [4.69, 9.17) is 16.3 Å². The van der Waals surface area contributed by atoms with Gasteiger partial charge in [-0.05, 0) is 24.6 Å². The Morgan fingerprint density at radius 3 is 3.09 bits per heavy atom. The molecule has 6 nitrogen and oxygen atoms in total. The highest BCUT2D eigenvalue weighted by molar-refractivity contribution is 7.10. The lowest BCUT2D eigenvalue weighted by molar-refractivity contribution is 0.305. The second-order valence-electron chi connectivity index (χ2n) is 4.90. The van der Waals surface area contributed by atoms with Gasteiger partial charge in [0.05, 0.1) is 5.02 Å². The molecule has 1 unspecified atom stereocenters. The predicted molar refractivity (Wildman–Crippen MR) is 89.4 cm³/mol. The molecule has 0 aliphatic carbocycles. The number of hydrazine groups is 1. The quantitative estimate of drug-likeness (QED) is 0.878. The van der Waals surface area contributed by atoms with Gasteiger partial charge in [-0.15, -0.1) is 11.3 Å². The van der Waals surface area contributed by atoms with E-state index in [1.165, 1.54) is 11.3 Å². The van der Waals surface area contributed by atoms with Crippen LogP contribution in [0, 0.1) is 6.92 Å². The first-order chi connectivity index (χ1) is 10.6. The number of nitrogens with zero attached hydrogens (tertiary/aromatic N) is 3. The van der Waals surface area contributed by atoms with Gasteiger partial charge in [0, 0.05) is 12.4 Å². The van der Waals surface area contributed by atoms with Gasteiger partial charge in [0.2, 0.25) is 0 Å². The Bertz CT molecular complexity index is 690. The summed E-state index contributed by atoms with van der Waals surface area (Å²) in [6.07, 6.45) is 1.53. The summed E-state index contributed by atoms with van der Waals surface area (Å²) in [6.45, 7) is 2.38. The maximum atomic E-state index is 6.14. The first kappa shape index (κ1) is 15.1. The van der Waals surface area contributed by atoms with E-state index in [9.17, 15) is 0 Å². The molecule has 0 bridgehead atoms. The molecule has 0 spiro atoms. The largest absolute Gasteiger partial charge is 0.485 e. The van der Waals surface area contributed by atoms with Crippen LogP contribution in [0.5, 0.6) is 5.75 Å². The summed E-state index contributed by atoms with van der Waals surface area (Å²) in [7, 11) is 1.89. The molecule has 8 heteroatoms. The number of hydrogen-bond acceptors (Lipinski definition) is 7. The molecule has 1 atom stereocenters. The predicted octanol–water partition coefficient (Wildman–Crippen LogP) is 2.86. The van der Waals surface area contributed by atoms with Crippen LogP contribution in [0.3, 0.4) is 0 Å². The van der Waals surface area contributed by atoms with E-state index in [0.29, 0.717) is 17.4 Å². The molecule has 0 amide bonds. The van der Waals surface area contributed by atoms with Crippen molar-refractivity contribution in [3.05, 3.63) is 39.2 Å². The van der Waals surface area contributed by atoms with Crippen molar-refractivity contribution in [1.82, 2.24) is 15.4 Å². The summed E-state index contributed by atoms with van der Waals surface area (Å²) in [4.78, 5) is 8.70. The molecule has 1 aromatic heterocycles. The maximum Gasteiger partial charge on any atom is 0.193 e. The van der Waals surface area contributed by atoms with Crippen molar-refractivity contribution < 1.29 is 4.74 Å². The summed E-state index contributed by atoms with van der Waals surface area (Å²) in [5.74, 6) is 1.43. The average molecular weight is 338 g/mol. The standard InChI is InChI=1S/C14H16ClN5OS/c1-9-3-4-11(10(15)5-9)21-6-13-17-12(7-22-13)18-14-16-8-20(2)19-14/h3-5,7-8,14,18-19H,6H2,1-2H3. The van der Waals surface area contributed by atoms with Gasteiger partial charge in [-0.2, -0.15) is 5.43 Å². The number of nitrogens with one attached hydrogen (secondary N) is 2. The smallest absolute Gasteiger partial charge is 0.193 e. The zero-order valence-corrected chi connectivity index (χ0v) is 13.8. The third-order valence-corrected chi connectivity index (χ3v) is 4.11. The fraction of sp³-hybridized carbons (Fsp3) is 0.286. The monoisotopic (exact) mass is 337 g/mol. The highest BCUT2D eigenvalue weighted by Crippen LogP contribution is 2.26. The van der Waals surface area contributed by atoms with Crippen molar-refractivity contribution in [1.29, 1.82) is 0 Å². The first-order valence-electron chi connectivity index (χ1n) is 6.72. The Morgan fingerprint density at radius 1 is 1.50 bits per heavy atom. The number of thiazole rings is 1. The van der Waals surface area contributed by atoms with E-state index in [2.05, 4.69) is 20.7 Å². The second kappa shape index (κ2) is 6.51. The summed E-state index contributed by atoms with van der Waals surface area (Å²) < 4.78 is 5.71. The molecule has 0 saturated heterocycles. The Labute approximate surface area is 137 Å². The van der Waals surface area contributed by atoms with Crippen LogP contribution in [-0.4, -0.2) is 29.7 Å². The van der Waals surface area contributed by atoms with Gasteiger partial charge in [0.15, 0.2) is 6.29 Å². The third-order valence-electron chi connectivity index (χ3n) is 2.99. The lowest BCUT2D eigenvalue weighted by atomic mass is 10.2. The number of rotatable bonds is 5. The number of halogens is 1. The van der Waals surface area contributed by atoms with Gasteiger partial charge >= 0.3 is 0 Å². The van der Waals surface area contributed by atoms with Crippen molar-refractivity contribution in [3.8, 4) is 5.75 Å². The van der Waals surface area contributed by atoms with Crippen LogP contribution in [0.4, 0.5) is 5.82 Å². The Kier molecular flexibility index (Phi) is 4.47. The molecule has 0 saturated carbocycles. The van der Waals surface area contributed by atoms with Crippen molar-refractivity contribution >= 4 is 35.1 Å². The third kappa shape index (κ3) is 3.68. The zero-order chi connectivity index (χ0) is 15.5. The molecule has 1 aliphatic rings. The van der Waals surface area contributed by atoms with Crippen LogP contribution >= 0.6 is 22.9 Å². The normalized spacial score (nSPS) is 17.0. The molecule has 1 aliphatic heterocycles. The topological polar surface area (TPSA) is 61.8 Å². The van der Waals surface area contributed by atoms with Crippen LogP contribution in [0.1, 0.15) is 10.6 Å². The highest BCUT2D eigenvalue weighted by atomic mass is 35.5. The van der Waals surface area contributed by atoms with Crippen LogP contribution in [0.25, 0.3) is 0 Å². The Balaban J connectivity index is 1.56. The minimum Gasteiger partial charge on any atom is -0.485 e. The van der Waals surface area contributed by atoms with Crippen LogP contribution < -0.4 is 15.5 Å². The van der Waals surface area contributed by atoms with Crippen molar-refractivity contribution in [2.75, 3.05) is 12.4 Å². The summed E-state index contributed by atoms with van der Waals surface area (Å²) in [5, 5.41) is 8.38. The summed E-state index contributed by atoms with van der Waals surface area (Å²) in [6, 6.07) is 5.72. The van der Waals surface area contributed by atoms with Crippen molar-refractivity contribution in [2.45, 2.75) is 19.8 Å². The molecule has 0 radical (unpaired) electrons. The van der Waals surface area contributed by atoms with E-state index in [0.717, 1.165) is 16.4 Å². The van der Waals surface area contributed by atoms with Gasteiger partial charge in [0.1, 0.15) is 29.5 Å². The molecule has 0 fully saturated rings. The summed E-state index contributed by atoms with van der Waals surface area (Å²) >= 11 is 7.67. The zero-order valence-electron chi connectivity index (χ0n) is 12.2. The van der Waals surface area contributed by atoms with Crippen LogP contribution in [0.15, 0.2) is 28.6 Å². The number of hydrogen-bond donors (Lipinski definition) is 2. The SMILES string of the molecule is Cc1ccc(OCc2nc(NC3N=CN(C)N3)cs2)c(Cl)c1. The fourth-order valence-corrected chi connectivity index (χ4v) is 2.88. The van der Waals surface area contributed by atoms with Gasteiger partial charge in [0.25, 0.3) is 0 Å². The number of aromatic nitrogens is 1. The molecular weight excluding hydrogens is 322 g/mol. The van der Waals surface area contributed by atoms with Gasteiger partial charge in [-0.25, -0.2) is 9.98 Å². The van der Waals surface area contributed by atoms with Gasteiger partial charge in [-0.3, -0.25) is 5.01 Å². The van der Waals surface area contributed by atoms with E-state index in [1.807, 2.05) is 37.6 Å². The molecular formula is C14H16ClN5OS. The number of anilines is 1. The number of aliphatic imine (C=N–C) groups is 1. The molecule has 3 rings (SSSR count). The molecule has 2 aromatic rings. The van der Waals surface area contributed by atoms with Crippen LogP contribution in [0.2, 0.25) is 5.02 Å². The Morgan fingerprint density at radius 2 is 2.36 bits per heavy atom. The highest BCUT2D eigenvalue weighted by Gasteiger charge is 2.14. The van der Waals surface area contributed by atoms with Gasteiger partial charge < -0.3 is 10.1 Å². The Hall–Kier alpha value is -1.83. The lowest BCUT2D eigenvalue weighted by Gasteiger charge is -2.13. The second-order valence-corrected chi connectivity index (χ2v) is 6.25. The van der Waals surface area contributed by atoms with Crippen molar-refractivity contribution in [2.24, 2.45) is 4.99 Å². The molecule has 22 heavy (non-hydrogen) atoms. The number of ether oxygens (including phenoxy) is 1. The average Bonchev–Trinajstić information content (AvgIpc) is 3.08. The van der Waals surface area contributed by atoms with Crippen LogP contribution in [-0.2, 0) is 6.61 Å². The minimum atomic E-state index is -0.188. The maximum absolute atomic E-state index is 6.14.